The van der Waals surface area contributed by atoms with E-state index in [2.05, 4.69) is 4.90 Å². The Morgan fingerprint density at radius 1 is 1.03 bits per heavy atom. The van der Waals surface area contributed by atoms with Gasteiger partial charge < -0.3 is 14.7 Å². The lowest BCUT2D eigenvalue weighted by atomic mass is 9.95. The van der Waals surface area contributed by atoms with Crippen molar-refractivity contribution in [2.45, 2.75) is 12.5 Å². The average molecular weight is 459 g/mol. The van der Waals surface area contributed by atoms with Crippen LogP contribution in [0, 0.1) is 5.82 Å². The Labute approximate surface area is 190 Å². The van der Waals surface area contributed by atoms with Gasteiger partial charge in [-0.15, -0.1) is 0 Å². The number of ether oxygens (including phenoxy) is 1. The fourth-order valence-corrected chi connectivity index (χ4v) is 4.28. The van der Waals surface area contributed by atoms with Gasteiger partial charge in [-0.05, 0) is 48.4 Å². The van der Waals surface area contributed by atoms with E-state index in [4.69, 9.17) is 16.3 Å². The molecule has 32 heavy (non-hydrogen) atoms. The number of hydrogen-bond donors (Lipinski definition) is 1. The minimum absolute atomic E-state index is 0.00435. The summed E-state index contributed by atoms with van der Waals surface area (Å²) in [6.45, 7) is 4.18. The van der Waals surface area contributed by atoms with Crippen LogP contribution >= 0.6 is 11.6 Å². The van der Waals surface area contributed by atoms with Crippen LogP contribution in [0.15, 0.2) is 54.1 Å². The normalized spacial score (nSPS) is 21.3. The molecule has 2 heterocycles. The summed E-state index contributed by atoms with van der Waals surface area (Å²) in [5.74, 6) is -2.19. The Morgan fingerprint density at radius 2 is 1.69 bits per heavy atom. The summed E-state index contributed by atoms with van der Waals surface area (Å²) in [7, 11) is 0. The predicted molar refractivity (Wildman–Crippen MR) is 119 cm³/mol. The smallest absolute Gasteiger partial charge is 0.295 e. The highest BCUT2D eigenvalue weighted by Gasteiger charge is 2.45. The fourth-order valence-electron chi connectivity index (χ4n) is 4.15. The van der Waals surface area contributed by atoms with Crippen LogP contribution in [0.3, 0.4) is 0 Å². The molecule has 0 aromatic heterocycles. The molecule has 6 nitrogen and oxygen atoms in total. The van der Waals surface area contributed by atoms with Crippen LogP contribution in [0.5, 0.6) is 0 Å². The Kier molecular flexibility index (Phi) is 6.89. The van der Waals surface area contributed by atoms with Gasteiger partial charge in [0.05, 0.1) is 24.8 Å². The summed E-state index contributed by atoms with van der Waals surface area (Å²) in [5, 5.41) is 11.5. The summed E-state index contributed by atoms with van der Waals surface area (Å²) in [6, 6.07) is 11.3. The third-order valence-electron chi connectivity index (χ3n) is 5.82. The highest BCUT2D eigenvalue weighted by molar-refractivity contribution is 6.46. The quantitative estimate of drug-likeness (QED) is 0.407. The zero-order valence-corrected chi connectivity index (χ0v) is 18.2. The molecule has 1 atom stereocenters. The van der Waals surface area contributed by atoms with Crippen LogP contribution in [-0.4, -0.2) is 66.0 Å². The van der Waals surface area contributed by atoms with Gasteiger partial charge in [0.2, 0.25) is 0 Å². The van der Waals surface area contributed by atoms with E-state index >= 15 is 0 Å². The molecule has 0 unspecified atom stereocenters. The number of carbonyl (C=O) groups excluding carboxylic acids is 2. The Hall–Kier alpha value is -2.74. The maximum Gasteiger partial charge on any atom is 0.295 e. The molecule has 1 N–H and O–H groups in total. The van der Waals surface area contributed by atoms with E-state index in [9.17, 15) is 19.1 Å². The van der Waals surface area contributed by atoms with Crippen molar-refractivity contribution in [2.75, 3.05) is 39.4 Å². The molecular weight excluding hydrogens is 435 g/mol. The molecule has 1 amide bonds. The third kappa shape index (κ3) is 4.70. The van der Waals surface area contributed by atoms with Crippen molar-refractivity contribution in [2.24, 2.45) is 0 Å². The zero-order valence-electron chi connectivity index (χ0n) is 17.5. The van der Waals surface area contributed by atoms with Crippen molar-refractivity contribution < 1.29 is 23.8 Å². The Morgan fingerprint density at radius 3 is 2.34 bits per heavy atom. The van der Waals surface area contributed by atoms with Crippen molar-refractivity contribution in [3.63, 3.8) is 0 Å². The number of Topliss-reactive ketones (excluding diaryl/α,β-unsaturated/α-hetero) is 1. The molecule has 0 spiro atoms. The number of aliphatic hydroxyl groups excluding tert-OH is 1. The van der Waals surface area contributed by atoms with Crippen molar-refractivity contribution in [1.82, 2.24) is 9.80 Å². The first-order chi connectivity index (χ1) is 15.5. The van der Waals surface area contributed by atoms with Gasteiger partial charge in [0.15, 0.2) is 0 Å². The van der Waals surface area contributed by atoms with Crippen LogP contribution in [0.25, 0.3) is 5.76 Å². The summed E-state index contributed by atoms with van der Waals surface area (Å²) in [5.41, 5.74) is 0.940. The Balaban J connectivity index is 1.66. The second-order valence-electron chi connectivity index (χ2n) is 7.86. The number of ketones is 1. The first kappa shape index (κ1) is 22.5. The molecule has 2 aliphatic rings. The molecule has 0 radical (unpaired) electrons. The van der Waals surface area contributed by atoms with Gasteiger partial charge in [0.25, 0.3) is 11.7 Å². The lowest BCUT2D eigenvalue weighted by Gasteiger charge is -2.29. The molecule has 168 valence electrons. The summed E-state index contributed by atoms with van der Waals surface area (Å²) >= 11 is 6.03. The second kappa shape index (κ2) is 9.81. The van der Waals surface area contributed by atoms with E-state index < -0.39 is 23.5 Å². The number of amides is 1. The number of nitrogens with zero attached hydrogens (tertiary/aromatic N) is 2. The van der Waals surface area contributed by atoms with E-state index in [0.717, 1.165) is 19.6 Å². The minimum Gasteiger partial charge on any atom is -0.507 e. The Bertz CT molecular complexity index is 1020. The first-order valence-corrected chi connectivity index (χ1v) is 10.9. The molecular formula is C24H24ClFN2O4. The number of halogens is 2. The summed E-state index contributed by atoms with van der Waals surface area (Å²) in [4.78, 5) is 29.7. The summed E-state index contributed by atoms with van der Waals surface area (Å²) in [6.07, 6.45) is 0.674. The minimum atomic E-state index is -0.752. The van der Waals surface area contributed by atoms with Crippen LogP contribution in [-0.2, 0) is 14.3 Å². The standard InChI is InChI=1S/C24H24ClFN2O4/c25-18-6-2-16(3-7-18)21-20(22(29)17-4-8-19(26)9-5-17)23(30)24(31)28(21)11-1-10-27-12-14-32-15-13-27/h2-9,21,29H,1,10-15H2/t21-/m1/s1. The molecule has 2 fully saturated rings. The molecule has 0 bridgehead atoms. The molecule has 0 saturated carbocycles. The highest BCUT2D eigenvalue weighted by Crippen LogP contribution is 2.39. The molecule has 2 saturated heterocycles. The van der Waals surface area contributed by atoms with E-state index in [1.54, 1.807) is 24.3 Å². The maximum atomic E-state index is 13.3. The molecule has 4 rings (SSSR count). The number of morpholine rings is 1. The molecule has 2 aliphatic heterocycles. The van der Waals surface area contributed by atoms with Crippen LogP contribution in [0.1, 0.15) is 23.6 Å². The second-order valence-corrected chi connectivity index (χ2v) is 8.29. The number of hydrogen-bond acceptors (Lipinski definition) is 5. The largest absolute Gasteiger partial charge is 0.507 e. The number of aliphatic hydroxyl groups is 1. The van der Waals surface area contributed by atoms with E-state index in [-0.39, 0.29) is 16.9 Å². The fraction of sp³-hybridized carbons (Fsp3) is 0.333. The number of likely N-dealkylation sites (tertiary alicyclic amines) is 1. The van der Waals surface area contributed by atoms with Crippen molar-refractivity contribution in [3.8, 4) is 0 Å². The van der Waals surface area contributed by atoms with E-state index in [1.165, 1.54) is 29.2 Å². The molecule has 2 aromatic rings. The van der Waals surface area contributed by atoms with Gasteiger partial charge in [-0.25, -0.2) is 4.39 Å². The van der Waals surface area contributed by atoms with E-state index in [1.807, 2.05) is 0 Å². The van der Waals surface area contributed by atoms with Crippen LogP contribution < -0.4 is 0 Å². The van der Waals surface area contributed by atoms with Crippen molar-refractivity contribution >= 4 is 29.1 Å². The lowest BCUT2D eigenvalue weighted by molar-refractivity contribution is -0.140. The van der Waals surface area contributed by atoms with E-state index in [0.29, 0.717) is 36.8 Å². The number of carbonyl (C=O) groups is 2. The third-order valence-corrected chi connectivity index (χ3v) is 6.07. The van der Waals surface area contributed by atoms with Crippen molar-refractivity contribution in [3.05, 3.63) is 76.1 Å². The van der Waals surface area contributed by atoms with Gasteiger partial charge in [0.1, 0.15) is 11.6 Å². The van der Waals surface area contributed by atoms with Gasteiger partial charge in [-0.2, -0.15) is 0 Å². The SMILES string of the molecule is O=C1C(=O)N(CCCN2CCOCC2)[C@H](c2ccc(Cl)cc2)C1=C(O)c1ccc(F)cc1. The topological polar surface area (TPSA) is 70.1 Å². The first-order valence-electron chi connectivity index (χ1n) is 10.6. The number of rotatable bonds is 6. The number of benzene rings is 2. The maximum absolute atomic E-state index is 13.3. The lowest BCUT2D eigenvalue weighted by Crippen LogP contribution is -2.38. The van der Waals surface area contributed by atoms with Gasteiger partial charge in [-0.1, -0.05) is 23.7 Å². The average Bonchev–Trinajstić information content (AvgIpc) is 3.05. The molecule has 8 heteroatoms. The predicted octanol–water partition coefficient (Wildman–Crippen LogP) is 3.62. The van der Waals surface area contributed by atoms with Crippen LogP contribution in [0.2, 0.25) is 5.02 Å². The van der Waals surface area contributed by atoms with Gasteiger partial charge >= 0.3 is 0 Å². The zero-order chi connectivity index (χ0) is 22.7. The van der Waals surface area contributed by atoms with Gasteiger partial charge in [-0.3, -0.25) is 14.5 Å². The van der Waals surface area contributed by atoms with Crippen LogP contribution in [0.4, 0.5) is 4.39 Å². The van der Waals surface area contributed by atoms with Gasteiger partial charge in [0, 0.05) is 36.8 Å². The highest BCUT2D eigenvalue weighted by atomic mass is 35.5. The molecule has 2 aromatic carbocycles. The van der Waals surface area contributed by atoms with Crippen molar-refractivity contribution in [1.29, 1.82) is 0 Å². The summed E-state index contributed by atoms with van der Waals surface area (Å²) < 4.78 is 18.7. The monoisotopic (exact) mass is 458 g/mol. The molecule has 0 aliphatic carbocycles.